The molecule has 2 aliphatic rings. The average molecular weight is 362 g/mol. The van der Waals surface area contributed by atoms with Gasteiger partial charge in [0.25, 0.3) is 0 Å². The van der Waals surface area contributed by atoms with E-state index in [0.29, 0.717) is 0 Å². The van der Waals surface area contributed by atoms with Crippen LogP contribution in [0.5, 0.6) is 5.75 Å². The summed E-state index contributed by atoms with van der Waals surface area (Å²) in [4.78, 5) is 2.53. The number of benzene rings is 2. The molecular formula is C23H26N2O2. The maximum Gasteiger partial charge on any atom is 0.205 e. The van der Waals surface area contributed by atoms with Crippen LogP contribution in [0, 0.1) is 0 Å². The summed E-state index contributed by atoms with van der Waals surface area (Å²) in [6, 6.07) is 14.9. The standard InChI is InChI=1S/C23H26N2O2/c1-23(2)26-20-10-5-4-8-18(20)21(27-23)15-25-12-11-17-13-24(3)19-9-6-7-16(14-25)22(17)19/h4-10,13,21H,11-12,14-15H2,1-3H3. The minimum Gasteiger partial charge on any atom is -0.463 e. The number of hydrogen-bond acceptors (Lipinski definition) is 3. The number of fused-ring (bicyclic) bond motifs is 1. The summed E-state index contributed by atoms with van der Waals surface area (Å²) >= 11 is 0. The van der Waals surface area contributed by atoms with Gasteiger partial charge in [-0.15, -0.1) is 0 Å². The van der Waals surface area contributed by atoms with Crippen LogP contribution in [0.15, 0.2) is 48.7 Å². The van der Waals surface area contributed by atoms with E-state index in [2.05, 4.69) is 53.0 Å². The van der Waals surface area contributed by atoms with Crippen molar-refractivity contribution in [3.63, 3.8) is 0 Å². The highest BCUT2D eigenvalue weighted by atomic mass is 16.7. The summed E-state index contributed by atoms with van der Waals surface area (Å²) in [5, 5.41) is 1.44. The summed E-state index contributed by atoms with van der Waals surface area (Å²) < 4.78 is 14.6. The van der Waals surface area contributed by atoms with Gasteiger partial charge in [-0.25, -0.2) is 0 Å². The van der Waals surface area contributed by atoms with Gasteiger partial charge in [-0.2, -0.15) is 0 Å². The van der Waals surface area contributed by atoms with Crippen LogP contribution in [-0.4, -0.2) is 28.3 Å². The van der Waals surface area contributed by atoms with Gasteiger partial charge in [0, 0.05) is 63.2 Å². The first kappa shape index (κ1) is 16.8. The van der Waals surface area contributed by atoms with Crippen molar-refractivity contribution in [2.45, 2.75) is 38.7 Å². The smallest absolute Gasteiger partial charge is 0.205 e. The highest BCUT2D eigenvalue weighted by Gasteiger charge is 2.35. The number of aromatic nitrogens is 1. The van der Waals surface area contributed by atoms with Crippen molar-refractivity contribution in [2.24, 2.45) is 7.05 Å². The molecule has 0 radical (unpaired) electrons. The van der Waals surface area contributed by atoms with Crippen LogP contribution in [0.4, 0.5) is 0 Å². The van der Waals surface area contributed by atoms with E-state index in [-0.39, 0.29) is 6.10 Å². The van der Waals surface area contributed by atoms with Gasteiger partial charge in [0.15, 0.2) is 0 Å². The number of rotatable bonds is 2. The molecule has 1 unspecified atom stereocenters. The fourth-order valence-corrected chi connectivity index (χ4v) is 4.60. The zero-order chi connectivity index (χ0) is 18.6. The molecule has 0 amide bonds. The molecule has 3 heterocycles. The van der Waals surface area contributed by atoms with Crippen molar-refractivity contribution in [3.8, 4) is 5.75 Å². The van der Waals surface area contributed by atoms with E-state index in [0.717, 1.165) is 37.4 Å². The lowest BCUT2D eigenvalue weighted by atomic mass is 10.0. The van der Waals surface area contributed by atoms with Crippen molar-refractivity contribution in [1.82, 2.24) is 9.47 Å². The molecule has 0 fully saturated rings. The lowest BCUT2D eigenvalue weighted by Crippen LogP contribution is -2.41. The molecule has 4 heteroatoms. The molecule has 0 bridgehead atoms. The topological polar surface area (TPSA) is 26.6 Å². The fourth-order valence-electron chi connectivity index (χ4n) is 4.60. The van der Waals surface area contributed by atoms with E-state index in [1.807, 2.05) is 26.0 Å². The van der Waals surface area contributed by atoms with Gasteiger partial charge in [0.05, 0.1) is 0 Å². The van der Waals surface area contributed by atoms with Crippen LogP contribution in [0.3, 0.4) is 0 Å². The highest BCUT2D eigenvalue weighted by Crippen LogP contribution is 2.39. The molecule has 5 rings (SSSR count). The minimum absolute atomic E-state index is 0.0210. The third kappa shape index (κ3) is 2.93. The van der Waals surface area contributed by atoms with E-state index in [4.69, 9.17) is 9.47 Å². The Hall–Kier alpha value is -2.30. The number of nitrogens with zero attached hydrogens (tertiary/aromatic N) is 2. The third-order valence-electron chi connectivity index (χ3n) is 5.74. The van der Waals surface area contributed by atoms with Gasteiger partial charge in [-0.3, -0.25) is 4.90 Å². The lowest BCUT2D eigenvalue weighted by Gasteiger charge is -2.39. The van der Waals surface area contributed by atoms with Gasteiger partial charge in [-0.05, 0) is 29.7 Å². The Morgan fingerprint density at radius 1 is 1.07 bits per heavy atom. The average Bonchev–Trinajstić information content (AvgIpc) is 2.85. The van der Waals surface area contributed by atoms with Gasteiger partial charge in [-0.1, -0.05) is 30.3 Å². The quantitative estimate of drug-likeness (QED) is 0.675. The van der Waals surface area contributed by atoms with E-state index >= 15 is 0 Å². The molecule has 27 heavy (non-hydrogen) atoms. The second kappa shape index (κ2) is 6.11. The van der Waals surface area contributed by atoms with Crippen molar-refractivity contribution in [1.29, 1.82) is 0 Å². The molecule has 0 spiro atoms. The number of para-hydroxylation sites is 1. The van der Waals surface area contributed by atoms with Crippen molar-refractivity contribution < 1.29 is 9.47 Å². The molecule has 2 aromatic carbocycles. The van der Waals surface area contributed by atoms with Crippen LogP contribution in [-0.2, 0) is 24.8 Å². The molecule has 0 saturated carbocycles. The second-order valence-corrected chi connectivity index (χ2v) is 8.21. The molecule has 4 nitrogen and oxygen atoms in total. The predicted molar refractivity (Wildman–Crippen MR) is 107 cm³/mol. The summed E-state index contributed by atoms with van der Waals surface area (Å²) in [6.07, 6.45) is 3.39. The molecule has 0 N–H and O–H groups in total. The summed E-state index contributed by atoms with van der Waals surface area (Å²) in [5.74, 6) is 0.342. The van der Waals surface area contributed by atoms with Crippen molar-refractivity contribution in [2.75, 3.05) is 13.1 Å². The van der Waals surface area contributed by atoms with Crippen LogP contribution in [0.1, 0.15) is 36.6 Å². The minimum atomic E-state index is -0.602. The summed E-state index contributed by atoms with van der Waals surface area (Å²) in [5.41, 5.74) is 5.36. The Morgan fingerprint density at radius 2 is 1.93 bits per heavy atom. The molecule has 0 aliphatic carbocycles. The third-order valence-corrected chi connectivity index (χ3v) is 5.74. The van der Waals surface area contributed by atoms with Gasteiger partial charge >= 0.3 is 0 Å². The van der Waals surface area contributed by atoms with Crippen molar-refractivity contribution in [3.05, 3.63) is 65.4 Å². The molecule has 140 valence electrons. The Balaban J connectivity index is 1.45. The maximum absolute atomic E-state index is 6.33. The van der Waals surface area contributed by atoms with Crippen LogP contribution < -0.4 is 4.74 Å². The number of hydrogen-bond donors (Lipinski definition) is 0. The Kier molecular flexibility index (Phi) is 3.81. The Bertz CT molecular complexity index is 1000. The van der Waals surface area contributed by atoms with Gasteiger partial charge < -0.3 is 14.0 Å². The van der Waals surface area contributed by atoms with Gasteiger partial charge in [0.2, 0.25) is 5.79 Å². The molecular weight excluding hydrogens is 336 g/mol. The fraction of sp³-hybridized carbons (Fsp3) is 0.391. The van der Waals surface area contributed by atoms with E-state index in [1.165, 1.54) is 22.0 Å². The Labute approximate surface area is 160 Å². The normalized spacial score (nSPS) is 21.5. The first-order valence-electron chi connectivity index (χ1n) is 9.74. The zero-order valence-electron chi connectivity index (χ0n) is 16.2. The van der Waals surface area contributed by atoms with Gasteiger partial charge in [0.1, 0.15) is 11.9 Å². The Morgan fingerprint density at radius 3 is 2.81 bits per heavy atom. The molecule has 1 aromatic heterocycles. The highest BCUT2D eigenvalue weighted by molar-refractivity contribution is 5.87. The summed E-state index contributed by atoms with van der Waals surface area (Å²) in [6.45, 7) is 6.86. The van der Waals surface area contributed by atoms with Crippen LogP contribution in [0.2, 0.25) is 0 Å². The molecule has 3 aromatic rings. The van der Waals surface area contributed by atoms with Crippen molar-refractivity contribution >= 4 is 10.9 Å². The van der Waals surface area contributed by atoms with Crippen LogP contribution in [0.25, 0.3) is 10.9 Å². The first-order chi connectivity index (χ1) is 13.0. The second-order valence-electron chi connectivity index (χ2n) is 8.21. The molecule has 0 saturated heterocycles. The monoisotopic (exact) mass is 362 g/mol. The zero-order valence-corrected chi connectivity index (χ0v) is 16.2. The summed E-state index contributed by atoms with van der Waals surface area (Å²) in [7, 11) is 2.14. The largest absolute Gasteiger partial charge is 0.463 e. The van der Waals surface area contributed by atoms with Crippen LogP contribution >= 0.6 is 0 Å². The van der Waals surface area contributed by atoms with E-state index in [9.17, 15) is 0 Å². The predicted octanol–water partition coefficient (Wildman–Crippen LogP) is 4.42. The lowest BCUT2D eigenvalue weighted by molar-refractivity contribution is -0.210. The number of aryl methyl sites for hydroxylation is 1. The first-order valence-corrected chi connectivity index (χ1v) is 9.74. The SMILES string of the molecule is Cn1cc2c3c(cccc31)CN(CC1OC(C)(C)Oc3ccccc31)CC2. The molecule has 1 atom stereocenters. The van der Waals surface area contributed by atoms with E-state index < -0.39 is 5.79 Å². The maximum atomic E-state index is 6.33. The van der Waals surface area contributed by atoms with E-state index in [1.54, 1.807) is 0 Å². The molecule has 2 aliphatic heterocycles. The number of ether oxygens (including phenoxy) is 2.